The fourth-order valence-corrected chi connectivity index (χ4v) is 6.55. The van der Waals surface area contributed by atoms with Gasteiger partial charge in [0.05, 0.1) is 11.4 Å². The molecule has 1 aromatic carbocycles. The second-order valence-corrected chi connectivity index (χ2v) is 13.7. The van der Waals surface area contributed by atoms with Crippen molar-refractivity contribution < 1.29 is 4.79 Å². The molecule has 4 atom stereocenters. The number of carbonyl (C=O) groups excluding carboxylic acids is 1. The first-order chi connectivity index (χ1) is 15.6. The number of hydrogen-bond donors (Lipinski definition) is 1. The van der Waals surface area contributed by atoms with Crippen molar-refractivity contribution in [1.29, 1.82) is 0 Å². The maximum atomic E-state index is 13.9. The van der Waals surface area contributed by atoms with Gasteiger partial charge in [-0.05, 0) is 51.6 Å². The first-order valence-corrected chi connectivity index (χ1v) is 13.3. The molecule has 4 nitrogen and oxygen atoms in total. The Bertz CT molecular complexity index is 880. The van der Waals surface area contributed by atoms with E-state index in [9.17, 15) is 4.79 Å². The average Bonchev–Trinajstić information content (AvgIpc) is 2.97. The minimum atomic E-state index is -0.246. The highest BCUT2D eigenvalue weighted by molar-refractivity contribution is 8.01. The van der Waals surface area contributed by atoms with E-state index in [1.807, 2.05) is 17.8 Å². The average molecular weight is 486 g/mol. The molecule has 1 fully saturated rings. The smallest absolute Gasteiger partial charge is 0.239 e. The third kappa shape index (κ3) is 6.48. The number of amides is 1. The van der Waals surface area contributed by atoms with Gasteiger partial charge in [0.15, 0.2) is 0 Å². The number of likely N-dealkylation sites (N-methyl/N-ethyl adjacent to an activating group) is 2. The van der Waals surface area contributed by atoms with E-state index in [0.717, 1.165) is 5.70 Å². The molecule has 1 aliphatic heterocycles. The van der Waals surface area contributed by atoms with Crippen LogP contribution in [0.2, 0.25) is 0 Å². The van der Waals surface area contributed by atoms with Gasteiger partial charge in [-0.1, -0.05) is 83.2 Å². The molecule has 1 saturated heterocycles. The molecule has 0 spiro atoms. The van der Waals surface area contributed by atoms with Crippen molar-refractivity contribution in [3.8, 4) is 0 Å². The third-order valence-corrected chi connectivity index (χ3v) is 8.42. The van der Waals surface area contributed by atoms with Crippen LogP contribution in [0.25, 0.3) is 0 Å². The third-order valence-electron chi connectivity index (χ3n) is 6.76. The van der Waals surface area contributed by atoms with Gasteiger partial charge in [0, 0.05) is 23.5 Å². The highest BCUT2D eigenvalue weighted by atomic mass is 32.2. The molecule has 1 amide bonds. The summed E-state index contributed by atoms with van der Waals surface area (Å²) in [5.41, 5.74) is 3.29. The van der Waals surface area contributed by atoms with Crippen LogP contribution >= 0.6 is 11.8 Å². The lowest BCUT2D eigenvalue weighted by molar-refractivity contribution is -0.127. The van der Waals surface area contributed by atoms with Gasteiger partial charge < -0.3 is 10.2 Å². The maximum Gasteiger partial charge on any atom is 0.239 e. The van der Waals surface area contributed by atoms with E-state index in [4.69, 9.17) is 0 Å². The molecular weight excluding hydrogens is 438 g/mol. The summed E-state index contributed by atoms with van der Waals surface area (Å²) >= 11 is 1.85. The summed E-state index contributed by atoms with van der Waals surface area (Å²) in [5, 5.41) is 3.58. The zero-order chi connectivity index (χ0) is 26.0. The van der Waals surface area contributed by atoms with Crippen LogP contribution in [-0.2, 0) is 4.79 Å². The molecule has 1 N–H and O–H groups in total. The van der Waals surface area contributed by atoms with Crippen LogP contribution in [0.1, 0.15) is 73.3 Å². The standard InChI is InChI=1S/C29H47N3OS/c1-19(2)18-23(20(3)4)31(11)21(5)24(28(6,7)8)30-26(33)25-29(9,10)34-27(32(25)12)22-16-14-13-15-17-22/h13-18,20,23-25,27H,5H2,1-4,6-12H3,(H,30,33)/t23?,24?,25?,27-/m1/s1. The van der Waals surface area contributed by atoms with Crippen molar-refractivity contribution in [1.82, 2.24) is 15.1 Å². The fraction of sp³-hybridized carbons (Fsp3) is 0.621. The summed E-state index contributed by atoms with van der Waals surface area (Å²) < 4.78 is -0.225. The second kappa shape index (κ2) is 10.9. The van der Waals surface area contributed by atoms with Crippen LogP contribution < -0.4 is 5.32 Å². The number of nitrogens with one attached hydrogen (secondary N) is 1. The molecule has 2 rings (SSSR count). The SMILES string of the molecule is C=C(C(NC(=O)C1N(C)[C@@H](c2ccccc2)SC1(C)C)C(C)(C)C)N(C)C(C=C(C)C)C(C)C. The van der Waals surface area contributed by atoms with Gasteiger partial charge in [-0.3, -0.25) is 9.69 Å². The van der Waals surface area contributed by atoms with Crippen molar-refractivity contribution in [2.45, 2.75) is 90.6 Å². The van der Waals surface area contributed by atoms with Gasteiger partial charge in [0.25, 0.3) is 0 Å². The van der Waals surface area contributed by atoms with Crippen LogP contribution in [0.5, 0.6) is 0 Å². The van der Waals surface area contributed by atoms with Gasteiger partial charge in [-0.25, -0.2) is 0 Å². The second-order valence-electron chi connectivity index (χ2n) is 11.9. The lowest BCUT2D eigenvalue weighted by atomic mass is 9.83. The molecule has 34 heavy (non-hydrogen) atoms. The molecule has 190 valence electrons. The van der Waals surface area contributed by atoms with Gasteiger partial charge in [-0.2, -0.15) is 0 Å². The summed E-state index contributed by atoms with van der Waals surface area (Å²) in [6, 6.07) is 10.3. The molecule has 0 saturated carbocycles. The Hall–Kier alpha value is -1.72. The molecule has 1 aliphatic rings. The Labute approximate surface area is 213 Å². The number of rotatable bonds is 8. The molecule has 5 heteroatoms. The molecule has 0 aliphatic carbocycles. The monoisotopic (exact) mass is 485 g/mol. The highest BCUT2D eigenvalue weighted by Crippen LogP contribution is 2.51. The van der Waals surface area contributed by atoms with Crippen molar-refractivity contribution in [2.24, 2.45) is 11.3 Å². The normalized spacial score (nSPS) is 22.2. The van der Waals surface area contributed by atoms with E-state index in [1.54, 1.807) is 0 Å². The van der Waals surface area contributed by atoms with E-state index in [2.05, 4.69) is 128 Å². The first-order valence-electron chi connectivity index (χ1n) is 12.4. The molecule has 0 aromatic heterocycles. The van der Waals surface area contributed by atoms with Crippen LogP contribution in [0.3, 0.4) is 0 Å². The largest absolute Gasteiger partial charge is 0.370 e. The number of hydrogen-bond acceptors (Lipinski definition) is 4. The predicted octanol–water partition coefficient (Wildman–Crippen LogP) is 6.48. The Morgan fingerprint density at radius 2 is 1.76 bits per heavy atom. The molecular formula is C29H47N3OS. The zero-order valence-electron chi connectivity index (χ0n) is 23.3. The highest BCUT2D eigenvalue weighted by Gasteiger charge is 2.50. The van der Waals surface area contributed by atoms with Gasteiger partial charge in [0.1, 0.15) is 6.04 Å². The van der Waals surface area contributed by atoms with Crippen LogP contribution in [0.4, 0.5) is 0 Å². The number of allylic oxidation sites excluding steroid dienone is 1. The lowest BCUT2D eigenvalue weighted by Gasteiger charge is -2.42. The van der Waals surface area contributed by atoms with E-state index in [-0.39, 0.29) is 39.6 Å². The minimum absolute atomic E-state index is 0.0659. The van der Waals surface area contributed by atoms with E-state index in [0.29, 0.717) is 5.92 Å². The predicted molar refractivity (Wildman–Crippen MR) is 149 cm³/mol. The van der Waals surface area contributed by atoms with E-state index >= 15 is 0 Å². The van der Waals surface area contributed by atoms with Crippen LogP contribution in [0, 0.1) is 11.3 Å². The van der Waals surface area contributed by atoms with Gasteiger partial charge in [-0.15, -0.1) is 11.8 Å². The fourth-order valence-electron chi connectivity index (χ4n) is 4.99. The zero-order valence-corrected chi connectivity index (χ0v) is 24.1. The molecule has 3 unspecified atom stereocenters. The summed E-state index contributed by atoms with van der Waals surface area (Å²) in [7, 11) is 4.17. The van der Waals surface area contributed by atoms with E-state index < -0.39 is 0 Å². The van der Waals surface area contributed by atoms with Crippen molar-refractivity contribution >= 4 is 17.7 Å². The van der Waals surface area contributed by atoms with Crippen LogP contribution in [0.15, 0.2) is 54.3 Å². The maximum absolute atomic E-state index is 13.9. The quantitative estimate of drug-likeness (QED) is 0.428. The van der Waals surface area contributed by atoms with Crippen molar-refractivity contribution in [3.63, 3.8) is 0 Å². The Morgan fingerprint density at radius 1 is 1.21 bits per heavy atom. The summed E-state index contributed by atoms with van der Waals surface area (Å²) in [6.45, 7) is 24.1. The number of carbonyl (C=O) groups is 1. The summed E-state index contributed by atoms with van der Waals surface area (Å²) in [4.78, 5) is 18.3. The molecule has 0 bridgehead atoms. The first kappa shape index (κ1) is 28.5. The van der Waals surface area contributed by atoms with Gasteiger partial charge in [0.2, 0.25) is 5.91 Å². The minimum Gasteiger partial charge on any atom is -0.370 e. The Kier molecular flexibility index (Phi) is 9.15. The number of thioether (sulfide) groups is 1. The van der Waals surface area contributed by atoms with Gasteiger partial charge >= 0.3 is 0 Å². The Balaban J connectivity index is 2.32. The lowest BCUT2D eigenvalue weighted by Crippen LogP contribution is -2.57. The number of nitrogens with zero attached hydrogens (tertiary/aromatic N) is 2. The molecule has 1 aromatic rings. The van der Waals surface area contributed by atoms with Crippen LogP contribution in [-0.4, -0.2) is 52.7 Å². The Morgan fingerprint density at radius 3 is 2.24 bits per heavy atom. The van der Waals surface area contributed by atoms with Crippen molar-refractivity contribution in [3.05, 3.63) is 59.8 Å². The molecule has 0 radical (unpaired) electrons. The van der Waals surface area contributed by atoms with E-state index in [1.165, 1.54) is 11.1 Å². The molecule has 1 heterocycles. The topological polar surface area (TPSA) is 35.6 Å². The summed E-state index contributed by atoms with van der Waals surface area (Å²) in [6.07, 6.45) is 2.30. The van der Waals surface area contributed by atoms with Crippen molar-refractivity contribution in [2.75, 3.05) is 14.1 Å². The number of benzene rings is 1. The summed E-state index contributed by atoms with van der Waals surface area (Å²) in [5.74, 6) is 0.493.